The second kappa shape index (κ2) is 3.96. The predicted molar refractivity (Wildman–Crippen MR) is 54.2 cm³/mol. The number of nitrogens with two attached hydrogens (primary N) is 1. The second-order valence-electron chi connectivity index (χ2n) is 2.44. The van der Waals surface area contributed by atoms with Gasteiger partial charge in [-0.2, -0.15) is 0 Å². The molecule has 0 aromatic carbocycles. The Morgan fingerprint density at radius 3 is 2.92 bits per heavy atom. The van der Waals surface area contributed by atoms with E-state index in [9.17, 15) is 0 Å². The number of aromatic nitrogens is 1. The van der Waals surface area contributed by atoms with Crippen LogP contribution in [0.4, 0.5) is 0 Å². The average molecular weight is 219 g/mol. The van der Waals surface area contributed by atoms with Crippen molar-refractivity contribution in [2.45, 2.75) is 6.54 Å². The highest BCUT2D eigenvalue weighted by molar-refractivity contribution is 6.33. The number of nitrogens with zero attached hydrogens (tertiary/aromatic N) is 1. The van der Waals surface area contributed by atoms with Gasteiger partial charge in [0.2, 0.25) is 0 Å². The predicted octanol–water partition coefficient (Wildman–Crippen LogP) is 2.36. The van der Waals surface area contributed by atoms with E-state index in [0.717, 1.165) is 11.1 Å². The molecule has 13 heavy (non-hydrogen) atoms. The molecule has 0 amide bonds. The lowest BCUT2D eigenvalue weighted by Gasteiger charge is -1.88. The maximum Gasteiger partial charge on any atom is 0.172 e. The van der Waals surface area contributed by atoms with Crippen LogP contribution in [0.25, 0.3) is 11.0 Å². The van der Waals surface area contributed by atoms with E-state index in [1.807, 2.05) is 12.1 Å². The minimum absolute atomic E-state index is 0. The van der Waals surface area contributed by atoms with Crippen LogP contribution in [0.3, 0.4) is 0 Å². The minimum atomic E-state index is 0. The third-order valence-corrected chi connectivity index (χ3v) is 1.91. The summed E-state index contributed by atoms with van der Waals surface area (Å²) < 4.78 is 5.33. The highest BCUT2D eigenvalue weighted by Gasteiger charge is 2.05. The van der Waals surface area contributed by atoms with E-state index in [1.54, 1.807) is 6.20 Å². The molecular formula is C8H8Cl2N2O. The summed E-state index contributed by atoms with van der Waals surface area (Å²) in [6.07, 6.45) is 1.64. The van der Waals surface area contributed by atoms with Crippen LogP contribution in [0, 0.1) is 0 Å². The van der Waals surface area contributed by atoms with Crippen LogP contribution in [-0.2, 0) is 6.54 Å². The number of rotatable bonds is 1. The molecule has 2 rings (SSSR count). The Morgan fingerprint density at radius 1 is 1.54 bits per heavy atom. The molecule has 2 heterocycles. The van der Waals surface area contributed by atoms with Gasteiger partial charge in [0.25, 0.3) is 0 Å². The second-order valence-corrected chi connectivity index (χ2v) is 2.79. The monoisotopic (exact) mass is 218 g/mol. The zero-order valence-electron chi connectivity index (χ0n) is 6.66. The summed E-state index contributed by atoms with van der Waals surface area (Å²) in [5.41, 5.74) is 6.02. The smallest absolute Gasteiger partial charge is 0.172 e. The van der Waals surface area contributed by atoms with Gasteiger partial charge >= 0.3 is 0 Å². The Kier molecular flexibility index (Phi) is 3.14. The molecule has 0 aliphatic heterocycles. The zero-order chi connectivity index (χ0) is 8.55. The molecule has 0 saturated carbocycles. The molecule has 5 heteroatoms. The van der Waals surface area contributed by atoms with Gasteiger partial charge in [-0.3, -0.25) is 0 Å². The summed E-state index contributed by atoms with van der Waals surface area (Å²) in [6.45, 7) is 0.380. The van der Waals surface area contributed by atoms with E-state index in [1.165, 1.54) is 0 Å². The first-order valence-electron chi connectivity index (χ1n) is 3.54. The molecule has 0 atom stereocenters. The van der Waals surface area contributed by atoms with Gasteiger partial charge in [0.1, 0.15) is 5.76 Å². The van der Waals surface area contributed by atoms with Gasteiger partial charge in [0.15, 0.2) is 10.7 Å². The van der Waals surface area contributed by atoms with E-state index >= 15 is 0 Å². The minimum Gasteiger partial charge on any atom is -0.456 e. The molecule has 0 unspecified atom stereocenters. The summed E-state index contributed by atoms with van der Waals surface area (Å²) in [5, 5.41) is 1.32. The fourth-order valence-corrected chi connectivity index (χ4v) is 1.29. The molecule has 2 aromatic heterocycles. The van der Waals surface area contributed by atoms with Crippen LogP contribution in [-0.4, -0.2) is 4.98 Å². The van der Waals surface area contributed by atoms with Crippen molar-refractivity contribution >= 4 is 35.0 Å². The molecular weight excluding hydrogens is 211 g/mol. The Labute approximate surface area is 86.3 Å². The van der Waals surface area contributed by atoms with Gasteiger partial charge in [-0.1, -0.05) is 11.6 Å². The fraction of sp³-hybridized carbons (Fsp3) is 0.125. The van der Waals surface area contributed by atoms with Crippen molar-refractivity contribution in [2.24, 2.45) is 5.73 Å². The molecule has 0 bridgehead atoms. The molecule has 3 nitrogen and oxygen atoms in total. The van der Waals surface area contributed by atoms with Crippen LogP contribution in [0.1, 0.15) is 5.76 Å². The SMILES string of the molecule is Cl.NCc1cc2ccnc(Cl)c2o1. The van der Waals surface area contributed by atoms with Crippen LogP contribution >= 0.6 is 24.0 Å². The molecule has 70 valence electrons. The maximum absolute atomic E-state index is 5.78. The number of fused-ring (bicyclic) bond motifs is 1. The van der Waals surface area contributed by atoms with E-state index in [2.05, 4.69) is 4.98 Å². The number of furan rings is 1. The Hall–Kier alpha value is -0.770. The third-order valence-electron chi connectivity index (χ3n) is 1.64. The normalized spacial score (nSPS) is 10.0. The average Bonchev–Trinajstić information content (AvgIpc) is 2.49. The highest BCUT2D eigenvalue weighted by atomic mass is 35.5. The Balaban J connectivity index is 0.000000845. The van der Waals surface area contributed by atoms with Crippen molar-refractivity contribution < 1.29 is 4.42 Å². The first-order valence-corrected chi connectivity index (χ1v) is 3.92. The van der Waals surface area contributed by atoms with E-state index < -0.39 is 0 Å². The molecule has 0 saturated heterocycles. The molecule has 0 radical (unpaired) electrons. The summed E-state index contributed by atoms with van der Waals surface area (Å²) >= 11 is 5.78. The number of halogens is 2. The molecule has 2 aromatic rings. The highest BCUT2D eigenvalue weighted by Crippen LogP contribution is 2.24. The van der Waals surface area contributed by atoms with E-state index in [4.69, 9.17) is 21.8 Å². The Morgan fingerprint density at radius 2 is 2.31 bits per heavy atom. The van der Waals surface area contributed by atoms with Gasteiger partial charge in [0.05, 0.1) is 6.54 Å². The van der Waals surface area contributed by atoms with Crippen LogP contribution < -0.4 is 5.73 Å². The lowest BCUT2D eigenvalue weighted by Crippen LogP contribution is -1.92. The number of hydrogen-bond acceptors (Lipinski definition) is 3. The van der Waals surface area contributed by atoms with E-state index in [0.29, 0.717) is 17.3 Å². The van der Waals surface area contributed by atoms with Crippen LogP contribution in [0.5, 0.6) is 0 Å². The third kappa shape index (κ3) is 1.77. The standard InChI is InChI=1S/C8H7ClN2O.ClH/c9-8-7-5(1-2-11-8)3-6(4-10)12-7;/h1-3H,4,10H2;1H. The lowest BCUT2D eigenvalue weighted by molar-refractivity contribution is 0.551. The van der Waals surface area contributed by atoms with Crippen molar-refractivity contribution in [3.05, 3.63) is 29.2 Å². The van der Waals surface area contributed by atoms with Crippen molar-refractivity contribution in [1.82, 2.24) is 4.98 Å². The van der Waals surface area contributed by atoms with Crippen LogP contribution in [0.2, 0.25) is 5.15 Å². The quantitative estimate of drug-likeness (QED) is 0.749. The topological polar surface area (TPSA) is 52.0 Å². The summed E-state index contributed by atoms with van der Waals surface area (Å²) in [5.74, 6) is 0.722. The number of hydrogen-bond donors (Lipinski definition) is 1. The van der Waals surface area contributed by atoms with Gasteiger partial charge in [-0.25, -0.2) is 4.98 Å². The lowest BCUT2D eigenvalue weighted by atomic mass is 10.3. The van der Waals surface area contributed by atoms with Gasteiger partial charge in [-0.15, -0.1) is 12.4 Å². The molecule has 0 aliphatic carbocycles. The fourth-order valence-electron chi connectivity index (χ4n) is 1.09. The summed E-state index contributed by atoms with van der Waals surface area (Å²) in [7, 11) is 0. The summed E-state index contributed by atoms with van der Waals surface area (Å²) in [6, 6.07) is 3.70. The van der Waals surface area contributed by atoms with Gasteiger partial charge in [0, 0.05) is 11.6 Å². The zero-order valence-corrected chi connectivity index (χ0v) is 8.23. The van der Waals surface area contributed by atoms with Crippen molar-refractivity contribution in [3.8, 4) is 0 Å². The maximum atomic E-state index is 5.78. The van der Waals surface area contributed by atoms with Gasteiger partial charge in [-0.05, 0) is 12.1 Å². The van der Waals surface area contributed by atoms with Crippen molar-refractivity contribution in [1.29, 1.82) is 0 Å². The van der Waals surface area contributed by atoms with Crippen molar-refractivity contribution in [2.75, 3.05) is 0 Å². The van der Waals surface area contributed by atoms with Gasteiger partial charge < -0.3 is 10.2 Å². The molecule has 2 N–H and O–H groups in total. The Bertz CT molecular complexity index is 413. The molecule has 0 spiro atoms. The van der Waals surface area contributed by atoms with Crippen molar-refractivity contribution in [3.63, 3.8) is 0 Å². The molecule has 0 fully saturated rings. The first kappa shape index (κ1) is 10.3. The first-order chi connectivity index (χ1) is 5.81. The number of pyridine rings is 1. The molecule has 0 aliphatic rings. The largest absolute Gasteiger partial charge is 0.456 e. The summed E-state index contributed by atoms with van der Waals surface area (Å²) in [4.78, 5) is 3.89. The van der Waals surface area contributed by atoms with Crippen LogP contribution in [0.15, 0.2) is 22.7 Å². The van der Waals surface area contributed by atoms with E-state index in [-0.39, 0.29) is 12.4 Å².